The number of nitrogens with one attached hydrogen (secondary N) is 2. The number of hydrogen-bond donors (Lipinski definition) is 3. The lowest BCUT2D eigenvalue weighted by molar-refractivity contribution is -0.125. The maximum Gasteiger partial charge on any atom is 0.343 e. The maximum atomic E-state index is 14.0. The number of halogens is 2. The molecule has 0 spiro atoms. The SMILES string of the molecule is NC(=O)n1cc(NC(=O)N2N=CCC2C(=O)NCc2cccc(Cl)c2F)c2ccccc21. The van der Waals surface area contributed by atoms with E-state index in [0.717, 1.165) is 5.01 Å². The second-order valence-electron chi connectivity index (χ2n) is 7.02. The van der Waals surface area contributed by atoms with Gasteiger partial charge in [0.2, 0.25) is 5.91 Å². The zero-order valence-electron chi connectivity index (χ0n) is 16.6. The van der Waals surface area contributed by atoms with E-state index in [1.807, 2.05) is 0 Å². The topological polar surface area (TPSA) is 122 Å². The molecule has 0 aliphatic carbocycles. The Balaban J connectivity index is 1.47. The third kappa shape index (κ3) is 4.00. The molecule has 0 bridgehead atoms. The van der Waals surface area contributed by atoms with Crippen LogP contribution in [0, 0.1) is 5.82 Å². The molecule has 164 valence electrons. The Morgan fingerprint density at radius 3 is 2.75 bits per heavy atom. The number of para-hydroxylation sites is 1. The first-order chi connectivity index (χ1) is 15.4. The molecule has 11 heteroatoms. The lowest BCUT2D eigenvalue weighted by Gasteiger charge is -2.21. The summed E-state index contributed by atoms with van der Waals surface area (Å²) in [5.74, 6) is -1.12. The molecule has 0 saturated heterocycles. The monoisotopic (exact) mass is 456 g/mol. The highest BCUT2D eigenvalue weighted by molar-refractivity contribution is 6.30. The molecule has 4 rings (SSSR count). The van der Waals surface area contributed by atoms with E-state index in [0.29, 0.717) is 16.6 Å². The minimum absolute atomic E-state index is 0.0444. The number of nitrogens with two attached hydrogens (primary N) is 1. The highest BCUT2D eigenvalue weighted by Crippen LogP contribution is 2.26. The average molecular weight is 457 g/mol. The third-order valence-electron chi connectivity index (χ3n) is 5.02. The van der Waals surface area contributed by atoms with Crippen LogP contribution in [0.3, 0.4) is 0 Å². The molecular formula is C21H18ClFN6O3. The number of benzene rings is 2. The van der Waals surface area contributed by atoms with Crippen molar-refractivity contribution in [1.82, 2.24) is 14.9 Å². The van der Waals surface area contributed by atoms with Crippen LogP contribution in [0.4, 0.5) is 19.7 Å². The first-order valence-corrected chi connectivity index (χ1v) is 9.97. The summed E-state index contributed by atoms with van der Waals surface area (Å²) in [6, 6.07) is 9.11. The van der Waals surface area contributed by atoms with Gasteiger partial charge in [-0.05, 0) is 12.1 Å². The number of primary amides is 1. The molecular weight excluding hydrogens is 439 g/mol. The zero-order valence-corrected chi connectivity index (χ0v) is 17.3. The van der Waals surface area contributed by atoms with Gasteiger partial charge in [0.1, 0.15) is 11.9 Å². The summed E-state index contributed by atoms with van der Waals surface area (Å²) in [4.78, 5) is 37.2. The molecule has 32 heavy (non-hydrogen) atoms. The minimum Gasteiger partial charge on any atom is -0.351 e. The van der Waals surface area contributed by atoms with Crippen LogP contribution >= 0.6 is 11.6 Å². The zero-order chi connectivity index (χ0) is 22.8. The van der Waals surface area contributed by atoms with Crippen LogP contribution in [-0.4, -0.2) is 39.8 Å². The van der Waals surface area contributed by atoms with Crippen molar-refractivity contribution in [3.05, 3.63) is 65.1 Å². The summed E-state index contributed by atoms with van der Waals surface area (Å²) in [5, 5.41) is 10.8. The van der Waals surface area contributed by atoms with Crippen LogP contribution in [-0.2, 0) is 11.3 Å². The molecule has 9 nitrogen and oxygen atoms in total. The molecule has 3 aromatic rings. The lowest BCUT2D eigenvalue weighted by Crippen LogP contribution is -2.46. The first kappa shape index (κ1) is 21.3. The van der Waals surface area contributed by atoms with Crippen LogP contribution in [0.2, 0.25) is 5.02 Å². The van der Waals surface area contributed by atoms with E-state index in [1.165, 1.54) is 29.1 Å². The second-order valence-corrected chi connectivity index (χ2v) is 7.43. The van der Waals surface area contributed by atoms with Crippen LogP contribution in [0.5, 0.6) is 0 Å². The van der Waals surface area contributed by atoms with Gasteiger partial charge in [0.25, 0.3) is 0 Å². The van der Waals surface area contributed by atoms with E-state index >= 15 is 0 Å². The van der Waals surface area contributed by atoms with E-state index in [1.54, 1.807) is 30.3 Å². The highest BCUT2D eigenvalue weighted by Gasteiger charge is 2.33. The van der Waals surface area contributed by atoms with Gasteiger partial charge in [0.05, 0.1) is 16.2 Å². The molecule has 0 fully saturated rings. The minimum atomic E-state index is -0.915. The van der Waals surface area contributed by atoms with Crippen molar-refractivity contribution in [3.8, 4) is 0 Å². The van der Waals surface area contributed by atoms with Gasteiger partial charge in [0, 0.05) is 36.3 Å². The standard InChI is InChI=1S/C21H18ClFN6O3/c22-14-6-3-4-12(18(14)23)10-25-19(30)17-8-9-26-29(17)21(32)27-15-11-28(20(24)31)16-7-2-1-5-13(15)16/h1-7,9,11,17H,8,10H2,(H2,24,31)(H,25,30)(H,27,32). The number of carbonyl (C=O) groups excluding carboxylic acids is 3. The van der Waals surface area contributed by atoms with Crippen molar-refractivity contribution in [2.45, 2.75) is 19.0 Å². The number of anilines is 1. The predicted octanol–water partition coefficient (Wildman–Crippen LogP) is 3.27. The summed E-state index contributed by atoms with van der Waals surface area (Å²) < 4.78 is 15.3. The summed E-state index contributed by atoms with van der Waals surface area (Å²) in [7, 11) is 0. The largest absolute Gasteiger partial charge is 0.351 e. The number of fused-ring (bicyclic) bond motifs is 1. The fourth-order valence-electron chi connectivity index (χ4n) is 3.45. The molecule has 2 aromatic carbocycles. The molecule has 0 radical (unpaired) electrons. The second kappa shape index (κ2) is 8.67. The summed E-state index contributed by atoms with van der Waals surface area (Å²) in [6.07, 6.45) is 3.04. The van der Waals surface area contributed by atoms with Gasteiger partial charge in [-0.25, -0.2) is 19.0 Å². The lowest BCUT2D eigenvalue weighted by atomic mass is 10.2. The summed E-state index contributed by atoms with van der Waals surface area (Å²) >= 11 is 5.76. The summed E-state index contributed by atoms with van der Waals surface area (Å²) in [5.41, 5.74) is 6.49. The normalized spacial score (nSPS) is 15.2. The molecule has 1 aliphatic heterocycles. The average Bonchev–Trinajstić information content (AvgIpc) is 3.40. The van der Waals surface area contributed by atoms with Crippen LogP contribution < -0.4 is 16.4 Å². The molecule has 0 saturated carbocycles. The molecule has 1 atom stereocenters. The fourth-order valence-corrected chi connectivity index (χ4v) is 3.64. The quantitative estimate of drug-likeness (QED) is 0.558. The van der Waals surface area contributed by atoms with E-state index in [9.17, 15) is 18.8 Å². The Morgan fingerprint density at radius 2 is 1.97 bits per heavy atom. The van der Waals surface area contributed by atoms with Crippen molar-refractivity contribution < 1.29 is 18.8 Å². The molecule has 1 unspecified atom stereocenters. The number of nitrogens with zero attached hydrogens (tertiary/aromatic N) is 3. The van der Waals surface area contributed by atoms with E-state index < -0.39 is 29.8 Å². The van der Waals surface area contributed by atoms with Gasteiger partial charge in [-0.3, -0.25) is 9.36 Å². The van der Waals surface area contributed by atoms with Crippen molar-refractivity contribution in [2.75, 3.05) is 5.32 Å². The number of hydrazone groups is 1. The molecule has 1 aromatic heterocycles. The van der Waals surface area contributed by atoms with E-state index in [2.05, 4.69) is 15.7 Å². The van der Waals surface area contributed by atoms with Gasteiger partial charge >= 0.3 is 12.1 Å². The van der Waals surface area contributed by atoms with Gasteiger partial charge in [-0.1, -0.05) is 41.9 Å². The molecule has 4 amide bonds. The highest BCUT2D eigenvalue weighted by atomic mass is 35.5. The van der Waals surface area contributed by atoms with E-state index in [-0.39, 0.29) is 23.6 Å². The van der Waals surface area contributed by atoms with Gasteiger partial charge in [-0.15, -0.1) is 0 Å². The first-order valence-electron chi connectivity index (χ1n) is 9.60. The molecule has 4 N–H and O–H groups in total. The van der Waals surface area contributed by atoms with Gasteiger partial charge in [-0.2, -0.15) is 5.10 Å². The Hall–Kier alpha value is -3.92. The number of hydrogen-bond acceptors (Lipinski definition) is 4. The van der Waals surface area contributed by atoms with Gasteiger partial charge in [0.15, 0.2) is 0 Å². The third-order valence-corrected chi connectivity index (χ3v) is 5.31. The Labute approximate surface area is 186 Å². The van der Waals surface area contributed by atoms with Crippen molar-refractivity contribution >= 4 is 52.4 Å². The summed E-state index contributed by atoms with van der Waals surface area (Å²) in [6.45, 7) is -0.0940. The Morgan fingerprint density at radius 1 is 1.19 bits per heavy atom. The van der Waals surface area contributed by atoms with Crippen molar-refractivity contribution in [1.29, 1.82) is 0 Å². The number of aromatic nitrogens is 1. The maximum absolute atomic E-state index is 14.0. The van der Waals surface area contributed by atoms with Crippen molar-refractivity contribution in [2.24, 2.45) is 10.8 Å². The Kier molecular flexibility index (Phi) is 5.78. The van der Waals surface area contributed by atoms with Crippen LogP contribution in [0.1, 0.15) is 12.0 Å². The Bertz CT molecular complexity index is 1260. The number of amides is 4. The smallest absolute Gasteiger partial charge is 0.343 e. The van der Waals surface area contributed by atoms with E-state index in [4.69, 9.17) is 17.3 Å². The van der Waals surface area contributed by atoms with Crippen LogP contribution in [0.15, 0.2) is 53.8 Å². The van der Waals surface area contributed by atoms with Crippen molar-refractivity contribution in [3.63, 3.8) is 0 Å². The number of urea groups is 1. The van der Waals surface area contributed by atoms with Gasteiger partial charge < -0.3 is 16.4 Å². The number of rotatable bonds is 4. The molecule has 2 heterocycles. The predicted molar refractivity (Wildman–Crippen MR) is 118 cm³/mol. The van der Waals surface area contributed by atoms with Crippen LogP contribution in [0.25, 0.3) is 10.9 Å². The fraction of sp³-hybridized carbons (Fsp3) is 0.143. The molecule has 1 aliphatic rings. The number of carbonyl (C=O) groups is 3.